The Morgan fingerprint density at radius 1 is 0.542 bits per heavy atom. The molecule has 0 amide bonds. The van der Waals surface area contributed by atoms with Crippen molar-refractivity contribution in [2.24, 2.45) is 0 Å². The van der Waals surface area contributed by atoms with Gasteiger partial charge in [-0.15, -0.1) is 0 Å². The minimum Gasteiger partial charge on any atom is -0.394 e. The maximum Gasteiger partial charge on any atom is 0.266 e. The van der Waals surface area contributed by atoms with Gasteiger partial charge in [-0.1, -0.05) is 6.42 Å². The molecule has 22 nitrogen and oxygen atoms in total. The van der Waals surface area contributed by atoms with E-state index in [1.807, 2.05) is 0 Å². The van der Waals surface area contributed by atoms with Crippen molar-refractivity contribution >= 4 is 20.2 Å². The maximum absolute atomic E-state index is 11.2. The Kier molecular flexibility index (Phi) is 19.2. The fourth-order valence-corrected chi connectivity index (χ4v) is 6.22. The highest BCUT2D eigenvalue weighted by molar-refractivity contribution is 7.86. The van der Waals surface area contributed by atoms with Crippen LogP contribution in [0, 0.1) is 0 Å². The van der Waals surface area contributed by atoms with E-state index < -0.39 is 44.3 Å². The Balaban J connectivity index is 1.53. The van der Waals surface area contributed by atoms with Crippen LogP contribution in [-0.4, -0.2) is 163 Å². The molecule has 16 N–H and O–H groups in total. The summed E-state index contributed by atoms with van der Waals surface area (Å²) in [5.41, 5.74) is 0. The number of aliphatic hydroxyl groups is 2. The molecule has 0 aromatic rings. The molecule has 1 saturated carbocycles. The van der Waals surface area contributed by atoms with Crippen molar-refractivity contribution in [2.45, 2.75) is 75.5 Å². The Labute approximate surface area is 282 Å². The van der Waals surface area contributed by atoms with Gasteiger partial charge in [-0.05, 0) is 19.3 Å². The summed E-state index contributed by atoms with van der Waals surface area (Å²) in [6.45, 7) is 2.11. The molecule has 2 saturated heterocycles. The van der Waals surface area contributed by atoms with Crippen LogP contribution in [-0.2, 0) is 29.7 Å². The summed E-state index contributed by atoms with van der Waals surface area (Å²) in [6.07, 6.45) is 1.08. The third-order valence-electron chi connectivity index (χ3n) is 7.56. The van der Waals surface area contributed by atoms with Crippen LogP contribution in [0.25, 0.3) is 0 Å². The molecule has 0 bridgehead atoms. The first kappa shape index (κ1) is 41.6. The molecular formula is C24H56N12O10S2. The molecule has 3 fully saturated rings. The Bertz CT molecular complexity index is 1020. The summed E-state index contributed by atoms with van der Waals surface area (Å²) >= 11 is 0. The zero-order chi connectivity index (χ0) is 34.8. The zero-order valence-electron chi connectivity index (χ0n) is 27.0. The van der Waals surface area contributed by atoms with E-state index in [2.05, 4.69) is 63.8 Å². The van der Waals surface area contributed by atoms with Crippen molar-refractivity contribution in [3.63, 3.8) is 0 Å². The van der Waals surface area contributed by atoms with E-state index in [1.54, 1.807) is 0 Å². The second-order valence-electron chi connectivity index (χ2n) is 11.6. The van der Waals surface area contributed by atoms with Crippen LogP contribution in [0.5, 0.6) is 0 Å². The van der Waals surface area contributed by atoms with Gasteiger partial charge < -0.3 is 19.7 Å². The Hall–Kier alpha value is -0.820. The fourth-order valence-electron chi connectivity index (χ4n) is 5.47. The predicted molar refractivity (Wildman–Crippen MR) is 175 cm³/mol. The fraction of sp³-hybridized carbons (Fsp3) is 1.00. The minimum absolute atomic E-state index is 0.0193. The molecule has 8 atom stereocenters. The van der Waals surface area contributed by atoms with Crippen LogP contribution >= 0.6 is 0 Å². The van der Waals surface area contributed by atoms with E-state index in [4.69, 9.17) is 28.8 Å². The molecule has 2 heterocycles. The molecule has 0 radical (unpaired) electrons. The molecule has 1 aliphatic carbocycles. The van der Waals surface area contributed by atoms with Gasteiger partial charge >= 0.3 is 0 Å². The first-order chi connectivity index (χ1) is 22.9. The number of rotatable bonds is 24. The topological polar surface area (TPSA) is 312 Å². The summed E-state index contributed by atoms with van der Waals surface area (Å²) in [5, 5.41) is 57.6. The summed E-state index contributed by atoms with van der Waals surface area (Å²) in [6, 6.07) is 0.212. The van der Waals surface area contributed by atoms with Crippen LogP contribution in [0.3, 0.4) is 0 Å². The van der Waals surface area contributed by atoms with E-state index >= 15 is 0 Å². The van der Waals surface area contributed by atoms with Gasteiger partial charge in [-0.2, -0.15) is 16.8 Å². The normalized spacial score (nSPS) is 30.4. The lowest BCUT2D eigenvalue weighted by Gasteiger charge is -2.44. The predicted octanol–water partition coefficient (Wildman–Crippen LogP) is -7.11. The highest BCUT2D eigenvalue weighted by Gasteiger charge is 2.32. The van der Waals surface area contributed by atoms with Gasteiger partial charge in [0, 0.05) is 38.3 Å². The number of ether oxygens (including phenoxy) is 2. The molecule has 284 valence electrons. The van der Waals surface area contributed by atoms with Crippen molar-refractivity contribution in [2.75, 3.05) is 77.3 Å². The molecule has 0 spiro atoms. The lowest BCUT2D eigenvalue weighted by atomic mass is 9.91. The second kappa shape index (κ2) is 22.2. The van der Waals surface area contributed by atoms with Crippen molar-refractivity contribution in [3.05, 3.63) is 0 Å². The molecule has 3 aliphatic rings. The standard InChI is InChI=1S/C24H56N12O10S2/c37-8-12-45-10-4-25-19-31-21(27-6-14-47(39,40)41)35-23(33-19)29-17-2-1-3-18(16-17)30-24-34-20(26-5-11-46-13-9-38)32-22(36-24)28-7-15-48(42,43)44/h17-38H,1-16H2,(H,39,40,41)(H,42,43,44). The van der Waals surface area contributed by atoms with Gasteiger partial charge in [0.25, 0.3) is 20.2 Å². The Morgan fingerprint density at radius 3 is 1.25 bits per heavy atom. The quantitative estimate of drug-likeness (QED) is 0.0323. The molecule has 24 heteroatoms. The zero-order valence-corrected chi connectivity index (χ0v) is 28.6. The van der Waals surface area contributed by atoms with Gasteiger partial charge in [-0.25, -0.2) is 0 Å². The molecule has 3 rings (SSSR count). The molecule has 0 aromatic carbocycles. The largest absolute Gasteiger partial charge is 0.394 e. The number of hydrogen-bond donors (Lipinski definition) is 16. The van der Waals surface area contributed by atoms with Crippen LogP contribution in [0.15, 0.2) is 0 Å². The van der Waals surface area contributed by atoms with Gasteiger partial charge in [0.15, 0.2) is 0 Å². The van der Waals surface area contributed by atoms with Crippen molar-refractivity contribution in [3.8, 4) is 0 Å². The van der Waals surface area contributed by atoms with E-state index in [0.29, 0.717) is 26.3 Å². The smallest absolute Gasteiger partial charge is 0.266 e. The van der Waals surface area contributed by atoms with Crippen LogP contribution < -0.4 is 63.8 Å². The summed E-state index contributed by atoms with van der Waals surface area (Å²) in [5.74, 6) is -0.879. The van der Waals surface area contributed by atoms with Crippen LogP contribution in [0.1, 0.15) is 25.7 Å². The maximum atomic E-state index is 11.2. The third-order valence-corrected chi connectivity index (χ3v) is 9.00. The van der Waals surface area contributed by atoms with Crippen LogP contribution in [0.2, 0.25) is 0 Å². The van der Waals surface area contributed by atoms with Gasteiger partial charge in [0.2, 0.25) is 0 Å². The number of nitrogens with one attached hydrogen (secondary N) is 12. The van der Waals surface area contributed by atoms with Crippen molar-refractivity contribution in [1.82, 2.24) is 63.8 Å². The van der Waals surface area contributed by atoms with E-state index in [0.717, 1.165) is 25.7 Å². The molecule has 2 aliphatic heterocycles. The van der Waals surface area contributed by atoms with E-state index in [9.17, 15) is 16.8 Å². The minimum atomic E-state index is -4.12. The molecule has 0 aromatic heterocycles. The first-order valence-corrected chi connectivity index (χ1v) is 19.4. The highest BCUT2D eigenvalue weighted by Crippen LogP contribution is 2.19. The summed E-state index contributed by atoms with van der Waals surface area (Å²) in [7, 11) is -8.24. The van der Waals surface area contributed by atoms with Gasteiger partial charge in [0.1, 0.15) is 37.7 Å². The average molecular weight is 737 g/mol. The second-order valence-corrected chi connectivity index (χ2v) is 14.7. The van der Waals surface area contributed by atoms with Gasteiger partial charge in [0.05, 0.1) is 51.1 Å². The summed E-state index contributed by atoms with van der Waals surface area (Å²) in [4.78, 5) is 0. The lowest BCUT2D eigenvalue weighted by Crippen LogP contribution is -2.79. The molecule has 48 heavy (non-hydrogen) atoms. The van der Waals surface area contributed by atoms with Crippen LogP contribution in [0.4, 0.5) is 0 Å². The number of hydrogen-bond acceptors (Lipinski definition) is 20. The number of aliphatic hydroxyl groups excluding tert-OH is 2. The first-order valence-electron chi connectivity index (χ1n) is 16.2. The average Bonchev–Trinajstić information content (AvgIpc) is 3.00. The monoisotopic (exact) mass is 736 g/mol. The lowest BCUT2D eigenvalue weighted by molar-refractivity contribution is 0.0770. The van der Waals surface area contributed by atoms with Crippen molar-refractivity contribution in [1.29, 1.82) is 0 Å². The third kappa shape index (κ3) is 18.4. The highest BCUT2D eigenvalue weighted by atomic mass is 32.2. The van der Waals surface area contributed by atoms with E-state index in [1.165, 1.54) is 0 Å². The molecule has 8 unspecified atom stereocenters. The van der Waals surface area contributed by atoms with Gasteiger partial charge in [-0.3, -0.25) is 72.9 Å². The SMILES string of the molecule is O=S(=O)(O)CCNC1NC(NCCOCCO)NC(NC2CCCC(NC3NC(NCCOCCO)NC(NCCS(=O)(=O)O)N3)C2)N1. The molecular weight excluding hydrogens is 680 g/mol. The van der Waals surface area contributed by atoms with Crippen molar-refractivity contribution < 1.29 is 45.6 Å². The van der Waals surface area contributed by atoms with E-state index in [-0.39, 0.29) is 76.8 Å². The summed E-state index contributed by atoms with van der Waals surface area (Å²) < 4.78 is 73.7. The Morgan fingerprint density at radius 2 is 0.896 bits per heavy atom.